The molecule has 1 saturated heterocycles. The summed E-state index contributed by atoms with van der Waals surface area (Å²) < 4.78 is 4.23. The fourth-order valence-corrected chi connectivity index (χ4v) is 3.97. The van der Waals surface area contributed by atoms with Gasteiger partial charge in [0.05, 0.1) is 17.1 Å². The second-order valence-electron chi connectivity index (χ2n) is 6.97. The second kappa shape index (κ2) is 6.06. The van der Waals surface area contributed by atoms with E-state index in [2.05, 4.69) is 27.3 Å². The average molecular weight is 336 g/mol. The molecule has 0 unspecified atom stereocenters. The smallest absolute Gasteiger partial charge is 0.243 e. The second-order valence-corrected chi connectivity index (χ2v) is 6.97. The van der Waals surface area contributed by atoms with Crippen LogP contribution < -0.4 is 0 Å². The Morgan fingerprint density at radius 1 is 1.16 bits per heavy atom. The van der Waals surface area contributed by atoms with Crippen molar-refractivity contribution in [2.45, 2.75) is 39.3 Å². The molecule has 1 aliphatic rings. The monoisotopic (exact) mass is 336 g/mol. The van der Waals surface area contributed by atoms with E-state index in [0.29, 0.717) is 6.54 Å². The number of hydrogen-bond acceptors (Lipinski definition) is 2. The number of rotatable bonds is 3. The van der Waals surface area contributed by atoms with Gasteiger partial charge in [0.2, 0.25) is 5.91 Å². The molecule has 1 aliphatic heterocycles. The van der Waals surface area contributed by atoms with Crippen LogP contribution in [-0.4, -0.2) is 31.5 Å². The summed E-state index contributed by atoms with van der Waals surface area (Å²) in [6.07, 6.45) is 2.01. The average Bonchev–Trinajstić information content (AvgIpc) is 3.29. The first-order valence-electron chi connectivity index (χ1n) is 8.90. The van der Waals surface area contributed by atoms with Crippen LogP contribution in [0.4, 0.5) is 0 Å². The summed E-state index contributed by atoms with van der Waals surface area (Å²) in [5.41, 5.74) is 4.37. The number of aromatic nitrogens is 3. The molecule has 1 amide bonds. The van der Waals surface area contributed by atoms with Crippen molar-refractivity contribution >= 4 is 16.9 Å². The third-order valence-corrected chi connectivity index (χ3v) is 5.40. The van der Waals surface area contributed by atoms with Crippen LogP contribution in [0.25, 0.3) is 11.0 Å². The van der Waals surface area contributed by atoms with Gasteiger partial charge in [0.15, 0.2) is 0 Å². The lowest BCUT2D eigenvalue weighted by molar-refractivity contribution is -0.133. The number of carbonyl (C=O) groups excluding carboxylic acids is 1. The summed E-state index contributed by atoms with van der Waals surface area (Å²) in [5.74, 6) is 1.17. The molecular formula is C20H24N4O. The summed E-state index contributed by atoms with van der Waals surface area (Å²) in [6.45, 7) is 5.32. The summed E-state index contributed by atoms with van der Waals surface area (Å²) in [6, 6.07) is 12.4. The minimum absolute atomic E-state index is 0.0704. The summed E-state index contributed by atoms with van der Waals surface area (Å²) in [5, 5.41) is 0. The maximum atomic E-state index is 13.0. The minimum atomic E-state index is 0.0704. The number of nitrogens with zero attached hydrogens (tertiary/aromatic N) is 4. The van der Waals surface area contributed by atoms with Crippen LogP contribution in [0.2, 0.25) is 0 Å². The topological polar surface area (TPSA) is 43.1 Å². The zero-order valence-electron chi connectivity index (χ0n) is 15.1. The highest BCUT2D eigenvalue weighted by atomic mass is 16.2. The van der Waals surface area contributed by atoms with E-state index >= 15 is 0 Å². The Bertz CT molecular complexity index is 917. The van der Waals surface area contributed by atoms with Gasteiger partial charge in [-0.3, -0.25) is 4.79 Å². The number of benzene rings is 1. The van der Waals surface area contributed by atoms with Gasteiger partial charge in [-0.1, -0.05) is 12.1 Å². The molecule has 5 heteroatoms. The van der Waals surface area contributed by atoms with Gasteiger partial charge in [0.1, 0.15) is 12.4 Å². The quantitative estimate of drug-likeness (QED) is 0.736. The zero-order chi connectivity index (χ0) is 17.6. The van der Waals surface area contributed by atoms with Gasteiger partial charge in [-0.15, -0.1) is 0 Å². The van der Waals surface area contributed by atoms with Crippen molar-refractivity contribution in [3.05, 3.63) is 53.6 Å². The van der Waals surface area contributed by atoms with Crippen LogP contribution in [0.15, 0.2) is 36.4 Å². The van der Waals surface area contributed by atoms with Crippen LogP contribution in [-0.2, 0) is 18.4 Å². The summed E-state index contributed by atoms with van der Waals surface area (Å²) >= 11 is 0. The Hall–Kier alpha value is -2.56. The van der Waals surface area contributed by atoms with E-state index in [9.17, 15) is 4.79 Å². The Morgan fingerprint density at radius 3 is 2.60 bits per heavy atom. The van der Waals surface area contributed by atoms with Gasteiger partial charge >= 0.3 is 0 Å². The normalized spacial score (nSPS) is 17.6. The number of likely N-dealkylation sites (tertiary alicyclic amines) is 1. The molecule has 0 radical (unpaired) electrons. The lowest BCUT2D eigenvalue weighted by Gasteiger charge is -2.25. The van der Waals surface area contributed by atoms with Gasteiger partial charge in [-0.25, -0.2) is 4.98 Å². The third kappa shape index (κ3) is 2.64. The summed E-state index contributed by atoms with van der Waals surface area (Å²) in [4.78, 5) is 19.8. The van der Waals surface area contributed by atoms with E-state index in [1.54, 1.807) is 0 Å². The minimum Gasteiger partial charge on any atom is -0.340 e. The molecular weight excluding hydrogens is 312 g/mol. The van der Waals surface area contributed by atoms with Gasteiger partial charge in [0, 0.05) is 25.0 Å². The summed E-state index contributed by atoms with van der Waals surface area (Å²) in [7, 11) is 2.05. The predicted molar refractivity (Wildman–Crippen MR) is 98.3 cm³/mol. The van der Waals surface area contributed by atoms with Crippen molar-refractivity contribution in [3.63, 3.8) is 0 Å². The highest BCUT2D eigenvalue weighted by Crippen LogP contribution is 2.33. The number of amides is 1. The van der Waals surface area contributed by atoms with Crippen LogP contribution in [0.5, 0.6) is 0 Å². The zero-order valence-corrected chi connectivity index (χ0v) is 15.1. The SMILES string of the molecule is Cc1ccc(C)n1CC(=O)N1CCC[C@H]1c1nc2ccccc2n1C. The number of para-hydroxylation sites is 2. The molecule has 25 heavy (non-hydrogen) atoms. The molecule has 0 N–H and O–H groups in total. The number of imidazole rings is 1. The lowest BCUT2D eigenvalue weighted by atomic mass is 10.2. The standard InChI is InChI=1S/C20H24N4O/c1-14-10-11-15(2)24(14)13-19(25)23-12-6-9-18(23)20-21-16-7-4-5-8-17(16)22(20)3/h4-5,7-8,10-11,18H,6,9,12-13H2,1-3H3/t18-/m0/s1. The van der Waals surface area contributed by atoms with Gasteiger partial charge in [-0.2, -0.15) is 0 Å². The molecule has 0 saturated carbocycles. The van der Waals surface area contributed by atoms with Crippen molar-refractivity contribution in [1.82, 2.24) is 19.0 Å². The van der Waals surface area contributed by atoms with Crippen molar-refractivity contribution in [2.24, 2.45) is 7.05 Å². The number of carbonyl (C=O) groups is 1. The van der Waals surface area contributed by atoms with E-state index in [-0.39, 0.29) is 11.9 Å². The maximum Gasteiger partial charge on any atom is 0.243 e. The molecule has 0 bridgehead atoms. The van der Waals surface area contributed by atoms with Gasteiger partial charge in [-0.05, 0) is 51.0 Å². The van der Waals surface area contributed by atoms with Gasteiger partial charge in [0.25, 0.3) is 0 Å². The number of aryl methyl sites for hydroxylation is 3. The molecule has 5 nitrogen and oxygen atoms in total. The molecule has 2 aromatic heterocycles. The predicted octanol–water partition coefficient (Wildman–Crippen LogP) is 3.36. The molecule has 130 valence electrons. The lowest BCUT2D eigenvalue weighted by Crippen LogP contribution is -2.34. The molecule has 4 rings (SSSR count). The highest BCUT2D eigenvalue weighted by molar-refractivity contribution is 5.78. The van der Waals surface area contributed by atoms with Gasteiger partial charge < -0.3 is 14.0 Å². The largest absolute Gasteiger partial charge is 0.340 e. The molecule has 0 spiro atoms. The first-order chi connectivity index (χ1) is 12.1. The van der Waals surface area contributed by atoms with Crippen LogP contribution >= 0.6 is 0 Å². The van der Waals surface area contributed by atoms with Crippen LogP contribution in [0.1, 0.15) is 36.1 Å². The van der Waals surface area contributed by atoms with Crippen molar-refractivity contribution < 1.29 is 4.79 Å². The third-order valence-electron chi connectivity index (χ3n) is 5.40. The van der Waals surface area contributed by atoms with E-state index in [1.165, 1.54) is 0 Å². The molecule has 1 atom stereocenters. The van der Waals surface area contributed by atoms with Crippen molar-refractivity contribution in [2.75, 3.05) is 6.54 Å². The maximum absolute atomic E-state index is 13.0. The Morgan fingerprint density at radius 2 is 1.88 bits per heavy atom. The van der Waals surface area contributed by atoms with Crippen LogP contribution in [0.3, 0.4) is 0 Å². The fraction of sp³-hybridized carbons (Fsp3) is 0.400. The Labute approximate surface area is 147 Å². The molecule has 3 heterocycles. The number of hydrogen-bond donors (Lipinski definition) is 0. The van der Waals surface area contributed by atoms with E-state index < -0.39 is 0 Å². The van der Waals surface area contributed by atoms with Crippen molar-refractivity contribution in [1.29, 1.82) is 0 Å². The first-order valence-corrected chi connectivity index (χ1v) is 8.90. The fourth-order valence-electron chi connectivity index (χ4n) is 3.97. The molecule has 0 aliphatic carbocycles. The number of fused-ring (bicyclic) bond motifs is 1. The van der Waals surface area contributed by atoms with Crippen LogP contribution in [0, 0.1) is 13.8 Å². The highest BCUT2D eigenvalue weighted by Gasteiger charge is 2.33. The molecule has 1 aromatic carbocycles. The molecule has 1 fully saturated rings. The van der Waals surface area contributed by atoms with E-state index in [0.717, 1.165) is 47.6 Å². The Balaban J connectivity index is 1.63. The first kappa shape index (κ1) is 15.9. The molecule has 3 aromatic rings. The van der Waals surface area contributed by atoms with E-state index in [4.69, 9.17) is 4.98 Å². The Kier molecular flexibility index (Phi) is 3.86. The van der Waals surface area contributed by atoms with E-state index in [1.807, 2.05) is 44.0 Å². The van der Waals surface area contributed by atoms with Crippen molar-refractivity contribution in [3.8, 4) is 0 Å².